The van der Waals surface area contributed by atoms with Crippen molar-refractivity contribution in [3.05, 3.63) is 267 Å². The molecule has 14 aromatic rings. The first-order valence-electron chi connectivity index (χ1n) is 24.3. The zero-order valence-corrected chi connectivity index (χ0v) is 38.7. The Kier molecular flexibility index (Phi) is 9.53. The van der Waals surface area contributed by atoms with E-state index in [-0.39, 0.29) is 0 Å². The van der Waals surface area contributed by atoms with Crippen molar-refractivity contribution >= 4 is 82.4 Å². The third-order valence-corrected chi connectivity index (χ3v) is 14.4. The summed E-state index contributed by atoms with van der Waals surface area (Å²) in [7, 11) is 0. The van der Waals surface area contributed by atoms with Gasteiger partial charge in [0, 0.05) is 44.2 Å². The minimum Gasteiger partial charge on any atom is -0.456 e. The normalized spacial score (nSPS) is 11.7. The van der Waals surface area contributed by atoms with Gasteiger partial charge in [0.1, 0.15) is 11.2 Å². The van der Waals surface area contributed by atoms with Crippen molar-refractivity contribution < 1.29 is 4.42 Å². The van der Waals surface area contributed by atoms with E-state index in [0.717, 1.165) is 83.6 Å². The summed E-state index contributed by atoms with van der Waals surface area (Å²) >= 11 is 0. The second-order valence-corrected chi connectivity index (χ2v) is 18.4. The lowest BCUT2D eigenvalue weighted by Crippen LogP contribution is -2.11. The van der Waals surface area contributed by atoms with Gasteiger partial charge in [-0.05, 0) is 133 Å². The number of benzene rings is 12. The van der Waals surface area contributed by atoms with Crippen LogP contribution in [-0.2, 0) is 0 Å². The fourth-order valence-corrected chi connectivity index (χ4v) is 11.1. The van der Waals surface area contributed by atoms with Crippen molar-refractivity contribution in [3.8, 4) is 50.2 Å². The molecule has 332 valence electrons. The lowest BCUT2D eigenvalue weighted by Gasteiger charge is -2.29. The number of aromatic nitrogens is 1. The number of fused-ring (bicyclic) bond motifs is 9. The predicted molar refractivity (Wildman–Crippen MR) is 299 cm³/mol. The average molecular weight is 905 g/mol. The number of nitrogens with zero attached hydrogens (tertiary/aromatic N) is 2. The number of para-hydroxylation sites is 3. The van der Waals surface area contributed by atoms with Crippen LogP contribution in [0.25, 0.3) is 115 Å². The summed E-state index contributed by atoms with van der Waals surface area (Å²) in [6, 6.07) is 96.9. The van der Waals surface area contributed by atoms with Gasteiger partial charge in [-0.3, -0.25) is 0 Å². The summed E-state index contributed by atoms with van der Waals surface area (Å²) < 4.78 is 8.73. The quantitative estimate of drug-likeness (QED) is 0.142. The van der Waals surface area contributed by atoms with Crippen LogP contribution in [0.2, 0.25) is 0 Å². The Hall–Kier alpha value is -9.44. The molecular formula is C68H44N2O. The van der Waals surface area contributed by atoms with Gasteiger partial charge in [0.05, 0.1) is 16.7 Å². The maximum absolute atomic E-state index is 6.34. The molecule has 0 aliphatic rings. The minimum absolute atomic E-state index is 0.889. The number of hydrogen-bond donors (Lipinski definition) is 0. The molecule has 14 rings (SSSR count). The Morgan fingerprint density at radius 2 is 0.845 bits per heavy atom. The molecule has 0 radical (unpaired) electrons. The van der Waals surface area contributed by atoms with Gasteiger partial charge in [0.25, 0.3) is 0 Å². The third-order valence-electron chi connectivity index (χ3n) is 14.4. The molecule has 0 N–H and O–H groups in total. The van der Waals surface area contributed by atoms with Crippen LogP contribution >= 0.6 is 0 Å². The Morgan fingerprint density at radius 3 is 1.59 bits per heavy atom. The Morgan fingerprint density at radius 1 is 0.296 bits per heavy atom. The van der Waals surface area contributed by atoms with Gasteiger partial charge < -0.3 is 13.9 Å². The molecule has 0 unspecified atom stereocenters. The van der Waals surface area contributed by atoms with Crippen molar-refractivity contribution in [1.82, 2.24) is 4.57 Å². The van der Waals surface area contributed by atoms with Crippen LogP contribution in [0.3, 0.4) is 0 Å². The molecule has 0 saturated heterocycles. The van der Waals surface area contributed by atoms with Gasteiger partial charge in [-0.25, -0.2) is 0 Å². The van der Waals surface area contributed by atoms with E-state index in [4.69, 9.17) is 4.42 Å². The zero-order valence-electron chi connectivity index (χ0n) is 38.7. The molecule has 3 nitrogen and oxygen atoms in total. The standard InChI is InChI=1S/C68H44N2O/c1-2-16-46(17-3-1)55-41-36-50(62-43-49-18-4-5-21-54(49)57-22-6-7-23-58(57)62)44-65(55)69(52-39-34-47(35-40-52)56-27-15-31-67-68(56)61-26-10-13-30-66(61)71-67)51-37-32-45(33-38-51)48-19-14-20-53(42-48)70-63-28-11-8-24-59(63)60-25-9-12-29-64(60)70/h1-44H. The Bertz CT molecular complexity index is 4280. The maximum atomic E-state index is 6.34. The Labute approximate surface area is 411 Å². The van der Waals surface area contributed by atoms with E-state index >= 15 is 0 Å². The van der Waals surface area contributed by atoms with Crippen molar-refractivity contribution in [3.63, 3.8) is 0 Å². The summed E-state index contributed by atoms with van der Waals surface area (Å²) in [5.74, 6) is 0. The maximum Gasteiger partial charge on any atom is 0.136 e. The molecule has 12 aromatic carbocycles. The van der Waals surface area contributed by atoms with Gasteiger partial charge >= 0.3 is 0 Å². The second-order valence-electron chi connectivity index (χ2n) is 18.4. The topological polar surface area (TPSA) is 21.3 Å². The summed E-state index contributed by atoms with van der Waals surface area (Å²) in [5.41, 5.74) is 17.7. The SMILES string of the molecule is c1ccc(-c2ccc(-c3cc4ccccc4c4ccccc34)cc2N(c2ccc(-c3cccc(-n4c5ccccc5c5ccccc54)c3)cc2)c2ccc(-c3cccc4oc5ccccc5c34)cc2)cc1. The molecule has 0 saturated carbocycles. The second kappa shape index (κ2) is 16.7. The molecule has 0 aliphatic carbocycles. The largest absolute Gasteiger partial charge is 0.456 e. The lowest BCUT2D eigenvalue weighted by molar-refractivity contribution is 0.669. The number of furan rings is 1. The van der Waals surface area contributed by atoms with Gasteiger partial charge in [-0.2, -0.15) is 0 Å². The van der Waals surface area contributed by atoms with Gasteiger partial charge in [-0.15, -0.1) is 0 Å². The zero-order chi connectivity index (χ0) is 46.8. The highest BCUT2D eigenvalue weighted by Crippen LogP contribution is 2.46. The summed E-state index contributed by atoms with van der Waals surface area (Å²) in [4.78, 5) is 2.44. The van der Waals surface area contributed by atoms with Gasteiger partial charge in [0.15, 0.2) is 0 Å². The summed E-state index contributed by atoms with van der Waals surface area (Å²) in [6.45, 7) is 0. The van der Waals surface area contributed by atoms with Crippen LogP contribution in [0, 0.1) is 0 Å². The van der Waals surface area contributed by atoms with Crippen molar-refractivity contribution in [2.24, 2.45) is 0 Å². The molecule has 71 heavy (non-hydrogen) atoms. The van der Waals surface area contributed by atoms with Crippen molar-refractivity contribution in [1.29, 1.82) is 0 Å². The minimum atomic E-state index is 0.889. The van der Waals surface area contributed by atoms with Crippen LogP contribution in [0.5, 0.6) is 0 Å². The van der Waals surface area contributed by atoms with E-state index in [9.17, 15) is 0 Å². The third kappa shape index (κ3) is 6.82. The van der Waals surface area contributed by atoms with Crippen LogP contribution in [0.1, 0.15) is 0 Å². The van der Waals surface area contributed by atoms with Gasteiger partial charge in [0.2, 0.25) is 0 Å². The van der Waals surface area contributed by atoms with Gasteiger partial charge in [-0.1, -0.05) is 194 Å². The monoisotopic (exact) mass is 904 g/mol. The molecule has 0 fully saturated rings. The van der Waals surface area contributed by atoms with Crippen LogP contribution < -0.4 is 4.90 Å². The lowest BCUT2D eigenvalue weighted by atomic mass is 9.91. The van der Waals surface area contributed by atoms with E-state index < -0.39 is 0 Å². The van der Waals surface area contributed by atoms with Crippen molar-refractivity contribution in [2.75, 3.05) is 4.90 Å². The molecule has 0 bridgehead atoms. The first-order chi connectivity index (χ1) is 35.2. The van der Waals surface area contributed by atoms with Crippen molar-refractivity contribution in [2.45, 2.75) is 0 Å². The van der Waals surface area contributed by atoms with E-state index in [0.29, 0.717) is 0 Å². The molecule has 3 heteroatoms. The van der Waals surface area contributed by atoms with E-state index in [2.05, 4.69) is 264 Å². The number of hydrogen-bond acceptors (Lipinski definition) is 2. The van der Waals surface area contributed by atoms with E-state index in [1.807, 2.05) is 12.1 Å². The molecule has 0 amide bonds. The molecule has 2 aromatic heterocycles. The highest BCUT2D eigenvalue weighted by molar-refractivity contribution is 6.15. The number of rotatable bonds is 8. The van der Waals surface area contributed by atoms with Crippen LogP contribution in [0.15, 0.2) is 271 Å². The highest BCUT2D eigenvalue weighted by Gasteiger charge is 2.21. The summed E-state index contributed by atoms with van der Waals surface area (Å²) in [6.07, 6.45) is 0. The molecule has 2 heterocycles. The highest BCUT2D eigenvalue weighted by atomic mass is 16.3. The predicted octanol–water partition coefficient (Wildman–Crippen LogP) is 19.1. The summed E-state index contributed by atoms with van der Waals surface area (Å²) in [5, 5.41) is 9.72. The van der Waals surface area contributed by atoms with Crippen LogP contribution in [0.4, 0.5) is 17.1 Å². The van der Waals surface area contributed by atoms with Crippen LogP contribution in [-0.4, -0.2) is 4.57 Å². The first kappa shape index (κ1) is 40.6. The number of anilines is 3. The fourth-order valence-electron chi connectivity index (χ4n) is 11.1. The smallest absolute Gasteiger partial charge is 0.136 e. The Balaban J connectivity index is 0.945. The molecule has 0 spiro atoms. The average Bonchev–Trinajstić information content (AvgIpc) is 4.00. The molecule has 0 aliphatic heterocycles. The van der Waals surface area contributed by atoms with E-state index in [1.165, 1.54) is 48.9 Å². The first-order valence-corrected chi connectivity index (χ1v) is 24.3. The molecule has 0 atom stereocenters. The fraction of sp³-hybridized carbons (Fsp3) is 0. The molecular weight excluding hydrogens is 861 g/mol. The van der Waals surface area contributed by atoms with E-state index in [1.54, 1.807) is 0 Å².